The Kier molecular flexibility index (Phi) is 3.69. The number of rotatable bonds is 3. The SMILES string of the molecule is Cc1ccc(C2CC(c3ccco3)=NN2c2ccc(C)cc2)cc1. The van der Waals surface area contributed by atoms with Crippen LogP contribution in [-0.2, 0) is 0 Å². The van der Waals surface area contributed by atoms with Crippen LogP contribution in [0.2, 0.25) is 0 Å². The van der Waals surface area contributed by atoms with E-state index in [9.17, 15) is 0 Å². The zero-order valence-corrected chi connectivity index (χ0v) is 13.9. The summed E-state index contributed by atoms with van der Waals surface area (Å²) in [4.78, 5) is 0. The smallest absolute Gasteiger partial charge is 0.149 e. The first-order valence-electron chi connectivity index (χ1n) is 8.24. The highest BCUT2D eigenvalue weighted by Crippen LogP contribution is 2.36. The van der Waals surface area contributed by atoms with E-state index in [1.165, 1.54) is 16.7 Å². The quantitative estimate of drug-likeness (QED) is 0.660. The van der Waals surface area contributed by atoms with Crippen LogP contribution in [0.5, 0.6) is 0 Å². The number of furan rings is 1. The van der Waals surface area contributed by atoms with Crippen LogP contribution in [0.3, 0.4) is 0 Å². The third kappa shape index (κ3) is 2.73. The van der Waals surface area contributed by atoms with Gasteiger partial charge in [0.1, 0.15) is 11.5 Å². The Morgan fingerprint density at radius 1 is 0.917 bits per heavy atom. The molecule has 1 aromatic heterocycles. The third-order valence-corrected chi connectivity index (χ3v) is 4.48. The van der Waals surface area contributed by atoms with Gasteiger partial charge in [-0.25, -0.2) is 0 Å². The van der Waals surface area contributed by atoms with E-state index in [2.05, 4.69) is 67.4 Å². The Hall–Kier alpha value is -2.81. The fraction of sp³-hybridized carbons (Fsp3) is 0.190. The Morgan fingerprint density at radius 3 is 2.21 bits per heavy atom. The number of anilines is 1. The minimum Gasteiger partial charge on any atom is -0.463 e. The molecular weight excluding hydrogens is 296 g/mol. The van der Waals surface area contributed by atoms with Gasteiger partial charge in [-0.15, -0.1) is 0 Å². The summed E-state index contributed by atoms with van der Waals surface area (Å²) in [5.74, 6) is 0.849. The summed E-state index contributed by atoms with van der Waals surface area (Å²) >= 11 is 0. The Bertz CT molecular complexity index is 846. The molecule has 0 aliphatic carbocycles. The van der Waals surface area contributed by atoms with E-state index >= 15 is 0 Å². The summed E-state index contributed by atoms with van der Waals surface area (Å²) in [5, 5.41) is 6.98. The molecule has 4 rings (SSSR count). The normalized spacial score (nSPS) is 17.2. The number of aryl methyl sites for hydroxylation is 2. The van der Waals surface area contributed by atoms with Crippen molar-refractivity contribution in [2.45, 2.75) is 26.3 Å². The van der Waals surface area contributed by atoms with Gasteiger partial charge in [-0.3, -0.25) is 5.01 Å². The van der Waals surface area contributed by atoms with Crippen molar-refractivity contribution in [3.8, 4) is 0 Å². The van der Waals surface area contributed by atoms with E-state index in [1.807, 2.05) is 12.1 Å². The maximum absolute atomic E-state index is 5.57. The fourth-order valence-corrected chi connectivity index (χ4v) is 3.09. The lowest BCUT2D eigenvalue weighted by atomic mass is 9.99. The Labute approximate surface area is 142 Å². The van der Waals surface area contributed by atoms with Gasteiger partial charge in [0.05, 0.1) is 18.0 Å². The van der Waals surface area contributed by atoms with E-state index in [0.717, 1.165) is 23.6 Å². The van der Waals surface area contributed by atoms with Gasteiger partial charge in [0.25, 0.3) is 0 Å². The zero-order valence-electron chi connectivity index (χ0n) is 13.9. The van der Waals surface area contributed by atoms with Crippen molar-refractivity contribution in [3.05, 3.63) is 89.4 Å². The Morgan fingerprint density at radius 2 is 1.58 bits per heavy atom. The van der Waals surface area contributed by atoms with Gasteiger partial charge in [-0.05, 0) is 43.7 Å². The average Bonchev–Trinajstić information content (AvgIpc) is 3.26. The van der Waals surface area contributed by atoms with Crippen LogP contribution in [0.1, 0.15) is 34.9 Å². The van der Waals surface area contributed by atoms with E-state index in [-0.39, 0.29) is 6.04 Å². The largest absolute Gasteiger partial charge is 0.463 e. The lowest BCUT2D eigenvalue weighted by molar-refractivity contribution is 0.556. The predicted octanol–water partition coefficient (Wildman–Crippen LogP) is 5.25. The molecule has 3 aromatic rings. The van der Waals surface area contributed by atoms with Crippen LogP contribution in [0.25, 0.3) is 0 Å². The first-order chi connectivity index (χ1) is 11.7. The van der Waals surface area contributed by atoms with Crippen molar-refractivity contribution in [1.82, 2.24) is 0 Å². The van der Waals surface area contributed by atoms with Crippen molar-refractivity contribution < 1.29 is 4.42 Å². The van der Waals surface area contributed by atoms with Gasteiger partial charge in [-0.2, -0.15) is 5.10 Å². The van der Waals surface area contributed by atoms with Gasteiger partial charge in [0.15, 0.2) is 0 Å². The van der Waals surface area contributed by atoms with E-state index in [4.69, 9.17) is 9.52 Å². The molecule has 0 N–H and O–H groups in total. The highest BCUT2D eigenvalue weighted by molar-refractivity contribution is 6.01. The highest BCUT2D eigenvalue weighted by Gasteiger charge is 2.30. The standard InChI is InChI=1S/C21H20N2O/c1-15-5-9-17(10-6-15)20-14-19(21-4-3-13-24-21)22-23(20)18-11-7-16(2)8-12-18/h3-13,20H,14H2,1-2H3. The summed E-state index contributed by atoms with van der Waals surface area (Å²) in [6.45, 7) is 4.21. The van der Waals surface area contributed by atoms with Crippen LogP contribution in [0.4, 0.5) is 5.69 Å². The van der Waals surface area contributed by atoms with Crippen molar-refractivity contribution in [1.29, 1.82) is 0 Å². The van der Waals surface area contributed by atoms with Crippen LogP contribution in [0, 0.1) is 13.8 Å². The molecule has 3 heteroatoms. The van der Waals surface area contributed by atoms with Gasteiger partial charge in [0, 0.05) is 6.42 Å². The lowest BCUT2D eigenvalue weighted by Crippen LogP contribution is -2.18. The molecule has 0 fully saturated rings. The van der Waals surface area contributed by atoms with E-state index in [0.29, 0.717) is 0 Å². The molecule has 0 saturated heterocycles. The molecule has 120 valence electrons. The van der Waals surface area contributed by atoms with Crippen molar-refractivity contribution >= 4 is 11.4 Å². The first-order valence-corrected chi connectivity index (χ1v) is 8.24. The van der Waals surface area contributed by atoms with Crippen LogP contribution in [-0.4, -0.2) is 5.71 Å². The van der Waals surface area contributed by atoms with Crippen molar-refractivity contribution in [3.63, 3.8) is 0 Å². The Balaban J connectivity index is 1.74. The topological polar surface area (TPSA) is 28.7 Å². The molecule has 0 saturated carbocycles. The lowest BCUT2D eigenvalue weighted by Gasteiger charge is -2.24. The molecule has 1 atom stereocenters. The molecule has 1 aliphatic heterocycles. The molecule has 24 heavy (non-hydrogen) atoms. The number of hydrazone groups is 1. The van der Waals surface area contributed by atoms with Crippen LogP contribution >= 0.6 is 0 Å². The highest BCUT2D eigenvalue weighted by atomic mass is 16.3. The monoisotopic (exact) mass is 316 g/mol. The van der Waals surface area contributed by atoms with Gasteiger partial charge < -0.3 is 4.42 Å². The van der Waals surface area contributed by atoms with E-state index < -0.39 is 0 Å². The first kappa shape index (κ1) is 14.8. The molecule has 1 unspecified atom stereocenters. The summed E-state index contributed by atoms with van der Waals surface area (Å²) in [6.07, 6.45) is 2.54. The van der Waals surface area contributed by atoms with Crippen molar-refractivity contribution in [2.24, 2.45) is 5.10 Å². The summed E-state index contributed by atoms with van der Waals surface area (Å²) in [7, 11) is 0. The average molecular weight is 316 g/mol. The molecule has 1 aliphatic rings. The molecule has 2 aromatic carbocycles. The summed E-state index contributed by atoms with van der Waals surface area (Å²) in [5.41, 5.74) is 5.89. The zero-order chi connectivity index (χ0) is 16.5. The third-order valence-electron chi connectivity index (χ3n) is 4.48. The van der Waals surface area contributed by atoms with Crippen molar-refractivity contribution in [2.75, 3.05) is 5.01 Å². The second kappa shape index (κ2) is 6.00. The fourth-order valence-electron chi connectivity index (χ4n) is 3.09. The molecule has 0 radical (unpaired) electrons. The number of hydrogen-bond donors (Lipinski definition) is 0. The minimum atomic E-state index is 0.188. The maximum Gasteiger partial charge on any atom is 0.149 e. The number of benzene rings is 2. The van der Waals surface area contributed by atoms with Gasteiger partial charge in [-0.1, -0.05) is 47.5 Å². The summed E-state index contributed by atoms with van der Waals surface area (Å²) in [6, 6.07) is 21.3. The number of hydrogen-bond acceptors (Lipinski definition) is 3. The molecule has 2 heterocycles. The number of nitrogens with zero attached hydrogens (tertiary/aromatic N) is 2. The van der Waals surface area contributed by atoms with Crippen LogP contribution in [0.15, 0.2) is 76.4 Å². The molecule has 0 amide bonds. The van der Waals surface area contributed by atoms with Gasteiger partial charge >= 0.3 is 0 Å². The predicted molar refractivity (Wildman–Crippen MR) is 97.4 cm³/mol. The summed E-state index contributed by atoms with van der Waals surface area (Å²) < 4.78 is 5.57. The molecular formula is C21H20N2O. The van der Waals surface area contributed by atoms with Crippen LogP contribution < -0.4 is 5.01 Å². The molecule has 3 nitrogen and oxygen atoms in total. The minimum absolute atomic E-state index is 0.188. The maximum atomic E-state index is 5.57. The second-order valence-corrected chi connectivity index (χ2v) is 6.33. The van der Waals surface area contributed by atoms with Gasteiger partial charge in [0.2, 0.25) is 0 Å². The molecule has 0 bridgehead atoms. The van der Waals surface area contributed by atoms with E-state index in [1.54, 1.807) is 6.26 Å². The second-order valence-electron chi connectivity index (χ2n) is 6.33. The molecule has 0 spiro atoms.